The Hall–Kier alpha value is -0.660. The van der Waals surface area contributed by atoms with Crippen LogP contribution in [-0.4, -0.2) is 53.2 Å². The summed E-state index contributed by atoms with van der Waals surface area (Å²) in [5.74, 6) is 0. The summed E-state index contributed by atoms with van der Waals surface area (Å²) in [6.45, 7) is 2.87. The summed E-state index contributed by atoms with van der Waals surface area (Å²) in [5, 5.41) is 0.175. The van der Waals surface area contributed by atoms with Gasteiger partial charge in [-0.2, -0.15) is 13.2 Å². The first-order valence-electron chi connectivity index (χ1n) is 6.85. The topological polar surface area (TPSA) is 19.4 Å². The number of nitrogens with zero attached hydrogens (tertiary/aromatic N) is 3. The molecule has 2 fully saturated rings. The molecular weight excluding hydrogens is 287 g/mol. The highest BCUT2D eigenvalue weighted by Gasteiger charge is 2.38. The summed E-state index contributed by atoms with van der Waals surface area (Å²) in [7, 11) is 2.14. The molecule has 1 aromatic rings. The van der Waals surface area contributed by atoms with Gasteiger partial charge in [0.2, 0.25) is 0 Å². The number of thiazole rings is 1. The van der Waals surface area contributed by atoms with Gasteiger partial charge in [-0.1, -0.05) is 0 Å². The molecule has 2 atom stereocenters. The van der Waals surface area contributed by atoms with Crippen molar-refractivity contribution in [3.63, 3.8) is 0 Å². The number of rotatable bonds is 3. The Morgan fingerprint density at radius 3 is 2.55 bits per heavy atom. The van der Waals surface area contributed by atoms with E-state index in [0.29, 0.717) is 12.1 Å². The van der Waals surface area contributed by atoms with Gasteiger partial charge in [0.15, 0.2) is 0 Å². The van der Waals surface area contributed by atoms with Gasteiger partial charge >= 0.3 is 6.18 Å². The standard InChI is InChI=1S/C13H18F3N3S/c1-18-6-9-2-3-10(7-18)19(9)8-11-5-17-12(20-11)4-13(14,15)16/h5,9-10H,2-4,6-8H2,1H3. The Morgan fingerprint density at radius 2 is 1.95 bits per heavy atom. The van der Waals surface area contributed by atoms with Crippen LogP contribution in [0.15, 0.2) is 6.20 Å². The zero-order valence-corrected chi connectivity index (χ0v) is 12.2. The maximum Gasteiger partial charge on any atom is 0.395 e. The number of alkyl halides is 3. The highest BCUT2D eigenvalue weighted by Crippen LogP contribution is 2.32. The van der Waals surface area contributed by atoms with Crippen molar-refractivity contribution in [3.05, 3.63) is 16.1 Å². The van der Waals surface area contributed by atoms with Crippen molar-refractivity contribution >= 4 is 11.3 Å². The first kappa shape index (κ1) is 14.3. The molecule has 0 aromatic carbocycles. The lowest BCUT2D eigenvalue weighted by Gasteiger charge is -2.39. The van der Waals surface area contributed by atoms with Crippen LogP contribution < -0.4 is 0 Å². The SMILES string of the molecule is CN1CC2CCC(C1)N2Cc1cnc(CC(F)(F)F)s1. The van der Waals surface area contributed by atoms with Gasteiger partial charge in [-0.15, -0.1) is 11.3 Å². The van der Waals surface area contributed by atoms with Crippen LogP contribution in [0, 0.1) is 0 Å². The molecule has 2 bridgehead atoms. The quantitative estimate of drug-likeness (QED) is 0.855. The normalized spacial score (nSPS) is 28.2. The van der Waals surface area contributed by atoms with E-state index in [1.54, 1.807) is 6.20 Å². The number of hydrogen-bond acceptors (Lipinski definition) is 4. The molecule has 2 aliphatic rings. The summed E-state index contributed by atoms with van der Waals surface area (Å²) in [4.78, 5) is 9.66. The maximum absolute atomic E-state index is 12.3. The third kappa shape index (κ3) is 3.15. The zero-order chi connectivity index (χ0) is 14.3. The molecule has 7 heteroatoms. The van der Waals surface area contributed by atoms with E-state index >= 15 is 0 Å². The average molecular weight is 305 g/mol. The predicted octanol–water partition coefficient (Wildman–Crippen LogP) is 2.53. The molecule has 2 unspecified atom stereocenters. The van der Waals surface area contributed by atoms with Crippen molar-refractivity contribution in [1.29, 1.82) is 0 Å². The van der Waals surface area contributed by atoms with Crippen molar-refractivity contribution < 1.29 is 13.2 Å². The predicted molar refractivity (Wildman–Crippen MR) is 71.7 cm³/mol. The minimum Gasteiger partial charge on any atom is -0.303 e. The fourth-order valence-electron chi connectivity index (χ4n) is 3.31. The lowest BCUT2D eigenvalue weighted by atomic mass is 10.2. The van der Waals surface area contributed by atoms with E-state index in [1.165, 1.54) is 24.2 Å². The summed E-state index contributed by atoms with van der Waals surface area (Å²) in [6, 6.07) is 1.10. The molecule has 0 aliphatic carbocycles. The van der Waals surface area contributed by atoms with Crippen molar-refractivity contribution in [2.24, 2.45) is 0 Å². The number of hydrogen-bond donors (Lipinski definition) is 0. The second-order valence-corrected chi connectivity index (χ2v) is 6.99. The molecule has 1 aromatic heterocycles. The van der Waals surface area contributed by atoms with Crippen LogP contribution in [0.1, 0.15) is 22.7 Å². The molecule has 2 saturated heterocycles. The molecular formula is C13H18F3N3S. The fraction of sp³-hybridized carbons (Fsp3) is 0.769. The van der Waals surface area contributed by atoms with Crippen LogP contribution in [0.3, 0.4) is 0 Å². The zero-order valence-electron chi connectivity index (χ0n) is 11.4. The lowest BCUT2D eigenvalue weighted by Crippen LogP contribution is -2.51. The summed E-state index contributed by atoms with van der Waals surface area (Å²) < 4.78 is 37.0. The van der Waals surface area contributed by atoms with Crippen LogP contribution in [-0.2, 0) is 13.0 Å². The van der Waals surface area contributed by atoms with Crippen LogP contribution in [0.25, 0.3) is 0 Å². The van der Waals surface area contributed by atoms with E-state index in [2.05, 4.69) is 21.8 Å². The van der Waals surface area contributed by atoms with Crippen molar-refractivity contribution in [2.75, 3.05) is 20.1 Å². The van der Waals surface area contributed by atoms with Crippen LogP contribution in [0.2, 0.25) is 0 Å². The van der Waals surface area contributed by atoms with Gasteiger partial charge in [-0.05, 0) is 19.9 Å². The Labute approximate surface area is 120 Å². The largest absolute Gasteiger partial charge is 0.395 e. The number of aromatic nitrogens is 1. The Balaban J connectivity index is 1.64. The van der Waals surface area contributed by atoms with Gasteiger partial charge in [-0.3, -0.25) is 4.90 Å². The van der Waals surface area contributed by atoms with Crippen molar-refractivity contribution in [1.82, 2.24) is 14.8 Å². The van der Waals surface area contributed by atoms with Gasteiger partial charge < -0.3 is 4.90 Å². The van der Waals surface area contributed by atoms with E-state index in [4.69, 9.17) is 0 Å². The molecule has 2 aliphatic heterocycles. The third-order valence-electron chi connectivity index (χ3n) is 4.11. The smallest absolute Gasteiger partial charge is 0.303 e. The van der Waals surface area contributed by atoms with Crippen molar-refractivity contribution in [3.8, 4) is 0 Å². The minimum atomic E-state index is -4.16. The number of likely N-dealkylation sites (tertiary alicyclic amines) is 1. The first-order valence-corrected chi connectivity index (χ1v) is 7.67. The summed E-state index contributed by atoms with van der Waals surface area (Å²) >= 11 is 1.20. The molecule has 20 heavy (non-hydrogen) atoms. The molecule has 0 saturated carbocycles. The first-order chi connectivity index (χ1) is 9.40. The fourth-order valence-corrected chi connectivity index (χ4v) is 4.28. The van der Waals surface area contributed by atoms with Gasteiger partial charge in [-0.25, -0.2) is 4.98 Å². The Kier molecular flexibility index (Phi) is 3.77. The second kappa shape index (κ2) is 5.27. The molecule has 0 N–H and O–H groups in total. The van der Waals surface area contributed by atoms with E-state index in [0.717, 1.165) is 24.5 Å². The van der Waals surface area contributed by atoms with Crippen LogP contribution in [0.4, 0.5) is 13.2 Å². The van der Waals surface area contributed by atoms with Gasteiger partial charge in [0.1, 0.15) is 5.01 Å². The summed E-state index contributed by atoms with van der Waals surface area (Å²) in [6.07, 6.45) is -1.06. The molecule has 0 amide bonds. The van der Waals surface area contributed by atoms with Crippen LogP contribution >= 0.6 is 11.3 Å². The summed E-state index contributed by atoms with van der Waals surface area (Å²) in [5.41, 5.74) is 0. The van der Waals surface area contributed by atoms with Gasteiger partial charge in [0.05, 0.1) is 6.42 Å². The average Bonchev–Trinajstić information content (AvgIpc) is 2.82. The molecule has 3 rings (SSSR count). The molecule has 3 nitrogen and oxygen atoms in total. The lowest BCUT2D eigenvalue weighted by molar-refractivity contribution is -0.127. The number of halogens is 3. The van der Waals surface area contributed by atoms with Crippen LogP contribution in [0.5, 0.6) is 0 Å². The van der Waals surface area contributed by atoms with Gasteiger partial charge in [0.25, 0.3) is 0 Å². The van der Waals surface area contributed by atoms with E-state index in [1.807, 2.05) is 0 Å². The third-order valence-corrected chi connectivity index (χ3v) is 5.09. The number of likely N-dealkylation sites (N-methyl/N-ethyl adjacent to an activating group) is 1. The van der Waals surface area contributed by atoms with E-state index in [9.17, 15) is 13.2 Å². The number of fused-ring (bicyclic) bond motifs is 2. The highest BCUT2D eigenvalue weighted by atomic mass is 32.1. The molecule has 0 radical (unpaired) electrons. The number of piperazine rings is 1. The maximum atomic E-state index is 12.3. The van der Waals surface area contributed by atoms with E-state index in [-0.39, 0.29) is 5.01 Å². The molecule has 112 valence electrons. The van der Waals surface area contributed by atoms with Gasteiger partial charge in [0, 0.05) is 42.8 Å². The minimum absolute atomic E-state index is 0.175. The van der Waals surface area contributed by atoms with Crippen molar-refractivity contribution in [2.45, 2.75) is 44.1 Å². The Bertz CT molecular complexity index is 460. The van der Waals surface area contributed by atoms with E-state index < -0.39 is 12.6 Å². The highest BCUT2D eigenvalue weighted by molar-refractivity contribution is 7.11. The molecule has 0 spiro atoms. The Morgan fingerprint density at radius 1 is 1.30 bits per heavy atom. The monoisotopic (exact) mass is 305 g/mol. The second-order valence-electron chi connectivity index (χ2n) is 5.79. The molecule has 3 heterocycles.